The number of benzene rings is 2. The molecule has 0 spiro atoms. The third kappa shape index (κ3) is 4.15. The largest absolute Gasteiger partial charge is 0.383 e. The normalized spacial score (nSPS) is 15.7. The molecule has 5 N–H and O–H groups in total. The number of aromatic nitrogens is 2. The second-order valence-corrected chi connectivity index (χ2v) is 7.63. The molecule has 31 heavy (non-hydrogen) atoms. The summed E-state index contributed by atoms with van der Waals surface area (Å²) >= 11 is 0. The number of nitrogens with zero attached hydrogens (tertiary/aromatic N) is 2. The molecule has 2 amide bonds. The second kappa shape index (κ2) is 8.61. The van der Waals surface area contributed by atoms with Crippen molar-refractivity contribution in [2.75, 3.05) is 18.9 Å². The molecule has 1 aromatic heterocycles. The van der Waals surface area contributed by atoms with Gasteiger partial charge >= 0.3 is 0 Å². The van der Waals surface area contributed by atoms with Crippen molar-refractivity contribution in [3.63, 3.8) is 0 Å². The van der Waals surface area contributed by atoms with Gasteiger partial charge in [-0.25, -0.2) is 4.68 Å². The summed E-state index contributed by atoms with van der Waals surface area (Å²) in [5.41, 5.74) is 15.7. The van der Waals surface area contributed by atoms with Crippen LogP contribution >= 0.6 is 0 Å². The van der Waals surface area contributed by atoms with Gasteiger partial charge < -0.3 is 21.5 Å². The minimum atomic E-state index is -0.618. The highest BCUT2D eigenvalue weighted by atomic mass is 16.5. The van der Waals surface area contributed by atoms with Gasteiger partial charge in [0.25, 0.3) is 11.8 Å². The van der Waals surface area contributed by atoms with Crippen LogP contribution in [0, 0.1) is 6.92 Å². The van der Waals surface area contributed by atoms with E-state index in [1.54, 1.807) is 10.7 Å². The number of amides is 2. The molecule has 4 rings (SSSR count). The molecule has 2 aromatic carbocycles. The first kappa shape index (κ1) is 20.6. The molecule has 1 aliphatic rings. The molecular weight excluding hydrogens is 394 g/mol. The number of aryl methyl sites for hydroxylation is 1. The highest BCUT2D eigenvalue weighted by Crippen LogP contribution is 2.31. The topological polar surface area (TPSA) is 125 Å². The fourth-order valence-electron chi connectivity index (χ4n) is 3.77. The van der Waals surface area contributed by atoms with Crippen LogP contribution in [-0.2, 0) is 11.3 Å². The van der Waals surface area contributed by atoms with Gasteiger partial charge in [-0.2, -0.15) is 5.10 Å². The number of nitrogens with one attached hydrogen (secondary N) is 1. The molecule has 8 nitrogen and oxygen atoms in total. The molecule has 1 atom stereocenters. The van der Waals surface area contributed by atoms with Crippen LogP contribution in [0.5, 0.6) is 0 Å². The van der Waals surface area contributed by atoms with Gasteiger partial charge in [-0.1, -0.05) is 42.5 Å². The van der Waals surface area contributed by atoms with E-state index in [1.165, 1.54) is 0 Å². The molecule has 1 aliphatic heterocycles. The minimum absolute atomic E-state index is 0.0113. The molecule has 2 heterocycles. The summed E-state index contributed by atoms with van der Waals surface area (Å²) in [6, 6.07) is 14.9. The Labute approximate surface area is 180 Å². The van der Waals surface area contributed by atoms with E-state index < -0.39 is 5.91 Å². The Morgan fingerprint density at radius 2 is 1.94 bits per heavy atom. The highest BCUT2D eigenvalue weighted by molar-refractivity contribution is 6.03. The van der Waals surface area contributed by atoms with E-state index in [2.05, 4.69) is 10.4 Å². The van der Waals surface area contributed by atoms with Crippen molar-refractivity contribution in [3.8, 4) is 11.3 Å². The summed E-state index contributed by atoms with van der Waals surface area (Å²) in [6.45, 7) is 3.42. The van der Waals surface area contributed by atoms with Crippen LogP contribution in [0.2, 0.25) is 0 Å². The van der Waals surface area contributed by atoms with Gasteiger partial charge in [0.2, 0.25) is 0 Å². The van der Waals surface area contributed by atoms with E-state index in [4.69, 9.17) is 16.2 Å². The molecule has 0 unspecified atom stereocenters. The zero-order valence-corrected chi connectivity index (χ0v) is 17.3. The lowest BCUT2D eigenvalue weighted by Crippen LogP contribution is -2.23. The molecule has 1 saturated heterocycles. The van der Waals surface area contributed by atoms with E-state index in [1.807, 2.05) is 49.4 Å². The summed E-state index contributed by atoms with van der Waals surface area (Å²) in [7, 11) is 0. The van der Waals surface area contributed by atoms with E-state index >= 15 is 0 Å². The summed E-state index contributed by atoms with van der Waals surface area (Å²) < 4.78 is 7.05. The van der Waals surface area contributed by atoms with Crippen molar-refractivity contribution in [3.05, 3.63) is 70.8 Å². The monoisotopic (exact) mass is 419 g/mol. The quantitative estimate of drug-likeness (QED) is 0.566. The van der Waals surface area contributed by atoms with Gasteiger partial charge in [-0.05, 0) is 30.5 Å². The van der Waals surface area contributed by atoms with Crippen LogP contribution in [0.4, 0.5) is 5.82 Å². The van der Waals surface area contributed by atoms with Gasteiger partial charge in [0.05, 0.1) is 12.6 Å². The third-order valence-corrected chi connectivity index (χ3v) is 5.52. The molecule has 0 aliphatic carbocycles. The summed E-state index contributed by atoms with van der Waals surface area (Å²) in [4.78, 5) is 24.5. The van der Waals surface area contributed by atoms with E-state index in [-0.39, 0.29) is 23.3 Å². The number of hydrogen-bond donors (Lipinski definition) is 3. The van der Waals surface area contributed by atoms with Crippen LogP contribution in [0.15, 0.2) is 48.5 Å². The number of nitrogens with two attached hydrogens (primary N) is 2. The van der Waals surface area contributed by atoms with Gasteiger partial charge in [0.15, 0.2) is 0 Å². The molecule has 1 fully saturated rings. The second-order valence-electron chi connectivity index (χ2n) is 7.63. The first-order valence-corrected chi connectivity index (χ1v) is 10.1. The van der Waals surface area contributed by atoms with Gasteiger partial charge in [-0.15, -0.1) is 0 Å². The molecule has 0 radical (unpaired) electrons. The zero-order valence-electron chi connectivity index (χ0n) is 17.3. The Balaban J connectivity index is 1.53. The number of carbonyl (C=O) groups is 2. The lowest BCUT2D eigenvalue weighted by Gasteiger charge is -2.10. The maximum absolute atomic E-state index is 12.4. The Morgan fingerprint density at radius 3 is 2.58 bits per heavy atom. The van der Waals surface area contributed by atoms with Gasteiger partial charge in [0.1, 0.15) is 17.1 Å². The molecule has 0 saturated carbocycles. The predicted octanol–water partition coefficient (Wildman–Crippen LogP) is 2.43. The number of carbonyl (C=O) groups excluding carboxylic acids is 2. The number of primary amides is 1. The lowest BCUT2D eigenvalue weighted by molar-refractivity contribution is 0.0949. The summed E-state index contributed by atoms with van der Waals surface area (Å²) in [5, 5.41) is 7.51. The SMILES string of the molecule is Cc1ccccc1C(=O)NCc1ccc(-c2nn([C@@H]3CCOC3)c(N)c2C(N)=O)cc1. The Hall–Kier alpha value is -3.65. The van der Waals surface area contributed by atoms with Crippen molar-refractivity contribution in [1.82, 2.24) is 15.1 Å². The first-order chi connectivity index (χ1) is 15.0. The van der Waals surface area contributed by atoms with Gasteiger partial charge in [0, 0.05) is 24.3 Å². The Morgan fingerprint density at radius 1 is 1.19 bits per heavy atom. The number of anilines is 1. The van der Waals surface area contributed by atoms with Gasteiger partial charge in [-0.3, -0.25) is 9.59 Å². The smallest absolute Gasteiger partial charge is 0.254 e. The average Bonchev–Trinajstić information content (AvgIpc) is 3.40. The van der Waals surface area contributed by atoms with Crippen LogP contribution in [0.25, 0.3) is 11.3 Å². The van der Waals surface area contributed by atoms with Crippen molar-refractivity contribution >= 4 is 17.6 Å². The summed E-state index contributed by atoms with van der Waals surface area (Å²) in [6.07, 6.45) is 0.781. The van der Waals surface area contributed by atoms with E-state index in [0.29, 0.717) is 31.0 Å². The minimum Gasteiger partial charge on any atom is -0.383 e. The molecule has 3 aromatic rings. The molecule has 0 bridgehead atoms. The zero-order chi connectivity index (χ0) is 22.0. The predicted molar refractivity (Wildman–Crippen MR) is 117 cm³/mol. The van der Waals surface area contributed by atoms with Crippen molar-refractivity contribution in [1.29, 1.82) is 0 Å². The first-order valence-electron chi connectivity index (χ1n) is 10.1. The average molecular weight is 419 g/mol. The fourth-order valence-corrected chi connectivity index (χ4v) is 3.77. The van der Waals surface area contributed by atoms with E-state index in [9.17, 15) is 9.59 Å². The lowest BCUT2D eigenvalue weighted by atomic mass is 10.0. The van der Waals surface area contributed by atoms with Crippen LogP contribution in [-0.4, -0.2) is 34.8 Å². The fraction of sp³-hybridized carbons (Fsp3) is 0.261. The third-order valence-electron chi connectivity index (χ3n) is 5.52. The Kier molecular flexibility index (Phi) is 5.73. The van der Waals surface area contributed by atoms with E-state index in [0.717, 1.165) is 23.1 Å². The molecule has 8 heteroatoms. The van der Waals surface area contributed by atoms with Crippen LogP contribution < -0.4 is 16.8 Å². The Bertz CT molecular complexity index is 1110. The number of nitrogen functional groups attached to an aromatic ring is 1. The van der Waals surface area contributed by atoms with Crippen LogP contribution in [0.1, 0.15) is 44.3 Å². The number of hydrogen-bond acceptors (Lipinski definition) is 5. The van der Waals surface area contributed by atoms with Crippen LogP contribution in [0.3, 0.4) is 0 Å². The highest BCUT2D eigenvalue weighted by Gasteiger charge is 2.27. The van der Waals surface area contributed by atoms with Crippen molar-refractivity contribution < 1.29 is 14.3 Å². The van der Waals surface area contributed by atoms with Crippen molar-refractivity contribution in [2.45, 2.75) is 25.9 Å². The standard InChI is InChI=1S/C23H25N5O3/c1-14-4-2-3-5-18(14)23(30)26-12-15-6-8-16(9-7-15)20-19(22(25)29)21(24)28(27-20)17-10-11-31-13-17/h2-9,17H,10-13,24H2,1H3,(H2,25,29)(H,26,30)/t17-/m1/s1. The maximum atomic E-state index is 12.4. The number of rotatable bonds is 6. The molecular formula is C23H25N5O3. The maximum Gasteiger partial charge on any atom is 0.254 e. The summed E-state index contributed by atoms with van der Waals surface area (Å²) in [5.74, 6) is -0.483. The molecule has 160 valence electrons. The number of ether oxygens (including phenoxy) is 1. The van der Waals surface area contributed by atoms with Crippen molar-refractivity contribution in [2.24, 2.45) is 5.73 Å².